The zero-order chi connectivity index (χ0) is 18.2. The number of alkyl halides is 3. The number of nitrogens with zero attached hydrogens (tertiary/aromatic N) is 3. The van der Waals surface area contributed by atoms with Crippen molar-refractivity contribution in [3.8, 4) is 0 Å². The van der Waals surface area contributed by atoms with Gasteiger partial charge in [0.15, 0.2) is 0 Å². The van der Waals surface area contributed by atoms with E-state index in [2.05, 4.69) is 5.10 Å². The maximum atomic E-state index is 13.5. The number of aliphatic hydroxyl groups is 1. The van der Waals surface area contributed by atoms with Gasteiger partial charge >= 0.3 is 6.18 Å². The van der Waals surface area contributed by atoms with Crippen LogP contribution < -0.4 is 5.01 Å². The molecule has 1 aliphatic rings. The first-order valence-corrected chi connectivity index (χ1v) is 7.19. The predicted molar refractivity (Wildman–Crippen MR) is 84.2 cm³/mol. The van der Waals surface area contributed by atoms with Crippen LogP contribution in [0.2, 0.25) is 0 Å². The van der Waals surface area contributed by atoms with Gasteiger partial charge in [0.25, 0.3) is 11.4 Å². The van der Waals surface area contributed by atoms with Crippen LogP contribution in [0.15, 0.2) is 59.7 Å². The number of benzene rings is 2. The Labute approximate surface area is 140 Å². The van der Waals surface area contributed by atoms with Crippen LogP contribution in [0.3, 0.4) is 0 Å². The van der Waals surface area contributed by atoms with E-state index in [9.17, 15) is 28.4 Å². The summed E-state index contributed by atoms with van der Waals surface area (Å²) in [6, 6.07) is 12.5. The van der Waals surface area contributed by atoms with E-state index in [4.69, 9.17) is 0 Å². The summed E-state index contributed by atoms with van der Waals surface area (Å²) in [5.74, 6) is 0. The largest absolute Gasteiger partial charge is 0.438 e. The molecule has 0 aliphatic carbocycles. The summed E-state index contributed by atoms with van der Waals surface area (Å²) in [5.41, 5.74) is -3.08. The van der Waals surface area contributed by atoms with Crippen LogP contribution in [0.1, 0.15) is 12.0 Å². The van der Waals surface area contributed by atoms with E-state index < -0.39 is 23.2 Å². The van der Waals surface area contributed by atoms with Gasteiger partial charge in [0.1, 0.15) is 0 Å². The Kier molecular flexibility index (Phi) is 3.96. The number of hydrogen-bond acceptors (Lipinski definition) is 5. The lowest BCUT2D eigenvalue weighted by molar-refractivity contribution is -0.384. The first-order chi connectivity index (χ1) is 11.7. The Morgan fingerprint density at radius 1 is 1.12 bits per heavy atom. The van der Waals surface area contributed by atoms with Crippen molar-refractivity contribution in [1.29, 1.82) is 0 Å². The molecule has 0 bridgehead atoms. The number of hydrogen-bond donors (Lipinski definition) is 1. The van der Waals surface area contributed by atoms with Crippen LogP contribution >= 0.6 is 0 Å². The van der Waals surface area contributed by atoms with E-state index >= 15 is 0 Å². The van der Waals surface area contributed by atoms with Crippen molar-refractivity contribution in [1.82, 2.24) is 0 Å². The predicted octanol–water partition coefficient (Wildman–Crippen LogP) is 3.46. The van der Waals surface area contributed by atoms with Crippen molar-refractivity contribution in [2.45, 2.75) is 18.3 Å². The molecule has 0 amide bonds. The molecule has 1 heterocycles. The lowest BCUT2D eigenvalue weighted by Crippen LogP contribution is -2.55. The van der Waals surface area contributed by atoms with Gasteiger partial charge in [-0.2, -0.15) is 18.3 Å². The van der Waals surface area contributed by atoms with Gasteiger partial charge in [-0.3, -0.25) is 10.1 Å². The summed E-state index contributed by atoms with van der Waals surface area (Å²) in [4.78, 5) is 10.0. The Balaban J connectivity index is 2.05. The zero-order valence-electron chi connectivity index (χ0n) is 12.6. The monoisotopic (exact) mass is 351 g/mol. The average molecular weight is 351 g/mol. The second-order valence-corrected chi connectivity index (χ2v) is 5.49. The highest BCUT2D eigenvalue weighted by molar-refractivity contribution is 6.03. The standard InChI is InChI=1S/C16H12F3N3O3/c17-16(18,19)15(23)10-14(11-4-2-1-3-5-11)20-21(15)12-6-8-13(9-7-12)22(24)25/h1-9,23H,10H2. The topological polar surface area (TPSA) is 79.0 Å². The molecule has 0 aromatic heterocycles. The molecule has 1 unspecified atom stereocenters. The minimum Gasteiger partial charge on any atom is -0.362 e. The number of rotatable bonds is 3. The van der Waals surface area contributed by atoms with Gasteiger partial charge in [0.2, 0.25) is 0 Å². The Bertz CT molecular complexity index is 822. The fraction of sp³-hybridized carbons (Fsp3) is 0.188. The third-order valence-corrected chi connectivity index (χ3v) is 3.85. The normalized spacial score (nSPS) is 20.5. The second kappa shape index (κ2) is 5.85. The van der Waals surface area contributed by atoms with Crippen molar-refractivity contribution in [2.75, 3.05) is 5.01 Å². The summed E-state index contributed by atoms with van der Waals surface area (Å²) in [6.07, 6.45) is -5.73. The summed E-state index contributed by atoms with van der Waals surface area (Å²) >= 11 is 0. The average Bonchev–Trinajstić information content (AvgIpc) is 2.95. The summed E-state index contributed by atoms with van der Waals surface area (Å²) < 4.78 is 40.5. The molecule has 6 nitrogen and oxygen atoms in total. The quantitative estimate of drug-likeness (QED) is 0.678. The molecule has 2 aromatic carbocycles. The molecule has 1 N–H and O–H groups in total. The molecule has 25 heavy (non-hydrogen) atoms. The highest BCUT2D eigenvalue weighted by Gasteiger charge is 2.61. The number of anilines is 1. The fourth-order valence-electron chi connectivity index (χ4n) is 2.54. The SMILES string of the molecule is O=[N+]([O-])c1ccc(N2N=C(c3ccccc3)CC2(O)C(F)(F)F)cc1. The van der Waals surface area contributed by atoms with Crippen LogP contribution in [0, 0.1) is 10.1 Å². The van der Waals surface area contributed by atoms with Crippen LogP contribution in [0.25, 0.3) is 0 Å². The molecule has 2 aromatic rings. The fourth-order valence-corrected chi connectivity index (χ4v) is 2.54. The van der Waals surface area contributed by atoms with E-state index in [-0.39, 0.29) is 17.1 Å². The van der Waals surface area contributed by atoms with E-state index in [0.29, 0.717) is 10.6 Å². The Morgan fingerprint density at radius 2 is 1.72 bits per heavy atom. The molecule has 0 saturated carbocycles. The molecular formula is C16H12F3N3O3. The molecule has 9 heteroatoms. The van der Waals surface area contributed by atoms with E-state index in [1.165, 1.54) is 0 Å². The molecule has 1 atom stereocenters. The maximum absolute atomic E-state index is 13.5. The minimum absolute atomic E-state index is 0.0683. The molecule has 0 saturated heterocycles. The number of halogens is 3. The Hall–Kier alpha value is -2.94. The van der Waals surface area contributed by atoms with Gasteiger partial charge in [-0.05, 0) is 17.7 Å². The van der Waals surface area contributed by atoms with Crippen molar-refractivity contribution < 1.29 is 23.2 Å². The molecule has 0 radical (unpaired) electrons. The lowest BCUT2D eigenvalue weighted by atomic mass is 10.0. The minimum atomic E-state index is -4.98. The third-order valence-electron chi connectivity index (χ3n) is 3.85. The summed E-state index contributed by atoms with van der Waals surface area (Å²) in [5, 5.41) is 25.4. The summed E-state index contributed by atoms with van der Waals surface area (Å²) in [7, 11) is 0. The molecule has 0 spiro atoms. The van der Waals surface area contributed by atoms with Crippen molar-refractivity contribution in [3.63, 3.8) is 0 Å². The van der Waals surface area contributed by atoms with Crippen molar-refractivity contribution in [3.05, 3.63) is 70.3 Å². The smallest absolute Gasteiger partial charge is 0.362 e. The second-order valence-electron chi connectivity index (χ2n) is 5.49. The summed E-state index contributed by atoms with van der Waals surface area (Å²) in [6.45, 7) is 0. The van der Waals surface area contributed by atoms with Gasteiger partial charge in [0.05, 0.1) is 22.7 Å². The van der Waals surface area contributed by atoms with E-state index in [1.807, 2.05) is 0 Å². The van der Waals surface area contributed by atoms with Crippen molar-refractivity contribution >= 4 is 17.1 Å². The first-order valence-electron chi connectivity index (χ1n) is 7.19. The van der Waals surface area contributed by atoms with E-state index in [0.717, 1.165) is 24.3 Å². The number of non-ortho nitro benzene ring substituents is 1. The van der Waals surface area contributed by atoms with Gasteiger partial charge in [0, 0.05) is 12.1 Å². The third kappa shape index (κ3) is 2.93. The van der Waals surface area contributed by atoms with Gasteiger partial charge in [-0.25, -0.2) is 5.01 Å². The first kappa shape index (κ1) is 16.9. The number of nitro groups is 1. The van der Waals surface area contributed by atoms with Crippen LogP contribution in [-0.2, 0) is 0 Å². The molecule has 0 fully saturated rings. The van der Waals surface area contributed by atoms with Gasteiger partial charge in [-0.1, -0.05) is 30.3 Å². The molecule has 3 rings (SSSR count). The molecular weight excluding hydrogens is 339 g/mol. The molecule has 130 valence electrons. The van der Waals surface area contributed by atoms with Gasteiger partial charge < -0.3 is 5.11 Å². The number of hydrazone groups is 1. The highest BCUT2D eigenvalue weighted by Crippen LogP contribution is 2.43. The van der Waals surface area contributed by atoms with Crippen LogP contribution in [0.4, 0.5) is 24.5 Å². The van der Waals surface area contributed by atoms with Crippen LogP contribution in [-0.4, -0.2) is 27.6 Å². The van der Waals surface area contributed by atoms with Gasteiger partial charge in [-0.15, -0.1) is 0 Å². The van der Waals surface area contributed by atoms with Crippen molar-refractivity contribution in [2.24, 2.45) is 5.10 Å². The maximum Gasteiger partial charge on any atom is 0.438 e. The Morgan fingerprint density at radius 3 is 2.24 bits per heavy atom. The zero-order valence-corrected chi connectivity index (χ0v) is 12.6. The molecule has 1 aliphatic heterocycles. The highest BCUT2D eigenvalue weighted by atomic mass is 19.4. The van der Waals surface area contributed by atoms with Crippen LogP contribution in [0.5, 0.6) is 0 Å². The lowest BCUT2D eigenvalue weighted by Gasteiger charge is -2.33. The van der Waals surface area contributed by atoms with E-state index in [1.54, 1.807) is 30.3 Å². The number of nitro benzene ring substituents is 1.